The zero-order chi connectivity index (χ0) is 22.6. The van der Waals surface area contributed by atoms with E-state index in [-0.39, 0.29) is 0 Å². The molecule has 1 aromatic carbocycles. The Balaban J connectivity index is 2.27. The Kier molecular flexibility index (Phi) is 7.64. The second-order valence-electron chi connectivity index (χ2n) is 9.16. The molecule has 1 heterocycles. The summed E-state index contributed by atoms with van der Waals surface area (Å²) in [7, 11) is 1.73. The number of methoxy groups -OCH3 is 1. The van der Waals surface area contributed by atoms with Crippen molar-refractivity contribution in [2.45, 2.75) is 97.5 Å². The molecule has 0 radical (unpaired) electrons. The molecule has 0 saturated heterocycles. The number of hydrogen-bond donors (Lipinski definition) is 2. The second kappa shape index (κ2) is 10.0. The minimum atomic E-state index is -0.874. The van der Waals surface area contributed by atoms with Gasteiger partial charge in [-0.3, -0.25) is 0 Å². The number of aromatic amines is 1. The number of rotatable bonds is 11. The molecule has 0 amide bonds. The summed E-state index contributed by atoms with van der Waals surface area (Å²) < 4.78 is 5.70. The summed E-state index contributed by atoms with van der Waals surface area (Å²) >= 11 is 0. The number of aromatic nitrogens is 2. The first-order chi connectivity index (χ1) is 14.9. The van der Waals surface area contributed by atoms with Crippen LogP contribution < -0.4 is 0 Å². The van der Waals surface area contributed by atoms with E-state index in [1.165, 1.54) is 18.4 Å². The normalized spacial score (nSPS) is 16.0. The molecule has 1 aliphatic carbocycles. The molecule has 4 nitrogen and oxygen atoms in total. The number of unbranched alkanes of at least 4 members (excludes halogenated alkanes) is 1. The Morgan fingerprint density at radius 3 is 2.39 bits per heavy atom. The Labute approximate surface area is 187 Å². The highest BCUT2D eigenvalue weighted by molar-refractivity contribution is 5.89. The van der Waals surface area contributed by atoms with E-state index >= 15 is 0 Å². The molecule has 0 bridgehead atoms. The van der Waals surface area contributed by atoms with Crippen LogP contribution in [0.15, 0.2) is 29.5 Å². The summed E-state index contributed by atoms with van der Waals surface area (Å²) in [4.78, 5) is 8.57. The lowest BCUT2D eigenvalue weighted by molar-refractivity contribution is 0.0182. The standard InChI is InChI=1S/C27H40N2O2/c1-7-10-11-18(4)24(19(5)31-6)21-16-22(27(30,14-8-2)15-9-3)25-23(17-21)28-26(29-25)20-12-13-20/h11,16-17,20,30H,7-10,12-15H2,1-6H3,(H,28,29). The smallest absolute Gasteiger partial charge is 0.110 e. The summed E-state index contributed by atoms with van der Waals surface area (Å²) in [6.07, 6.45) is 10.1. The fourth-order valence-electron chi connectivity index (χ4n) is 4.68. The van der Waals surface area contributed by atoms with Gasteiger partial charge in [0.05, 0.1) is 23.7 Å². The van der Waals surface area contributed by atoms with E-state index in [4.69, 9.17) is 9.72 Å². The van der Waals surface area contributed by atoms with Crippen molar-refractivity contribution in [1.82, 2.24) is 9.97 Å². The van der Waals surface area contributed by atoms with Gasteiger partial charge in [0.1, 0.15) is 11.6 Å². The predicted molar refractivity (Wildman–Crippen MR) is 130 cm³/mol. The molecule has 0 unspecified atom stereocenters. The van der Waals surface area contributed by atoms with E-state index in [0.29, 0.717) is 5.92 Å². The first-order valence-electron chi connectivity index (χ1n) is 12.1. The number of benzene rings is 1. The molecule has 0 atom stereocenters. The molecule has 0 aliphatic heterocycles. The van der Waals surface area contributed by atoms with Crippen molar-refractivity contribution in [3.05, 3.63) is 46.5 Å². The van der Waals surface area contributed by atoms with Crippen molar-refractivity contribution in [2.24, 2.45) is 0 Å². The third-order valence-corrected chi connectivity index (χ3v) is 6.48. The van der Waals surface area contributed by atoms with Crippen LogP contribution >= 0.6 is 0 Å². The van der Waals surface area contributed by atoms with Gasteiger partial charge in [0.2, 0.25) is 0 Å². The Morgan fingerprint density at radius 1 is 1.16 bits per heavy atom. The van der Waals surface area contributed by atoms with Crippen LogP contribution in [0.1, 0.15) is 109 Å². The summed E-state index contributed by atoms with van der Waals surface area (Å²) in [5.74, 6) is 2.50. The zero-order valence-corrected chi connectivity index (χ0v) is 20.3. The molecule has 2 aromatic rings. The number of hydrogen-bond acceptors (Lipinski definition) is 3. The van der Waals surface area contributed by atoms with Crippen molar-refractivity contribution in [3.8, 4) is 0 Å². The first kappa shape index (κ1) is 23.6. The van der Waals surface area contributed by atoms with E-state index in [1.54, 1.807) is 7.11 Å². The lowest BCUT2D eigenvalue weighted by Crippen LogP contribution is -2.26. The van der Waals surface area contributed by atoms with Crippen LogP contribution in [0.4, 0.5) is 0 Å². The molecule has 31 heavy (non-hydrogen) atoms. The molecule has 1 aliphatic rings. The van der Waals surface area contributed by atoms with Crippen LogP contribution in [0.25, 0.3) is 16.6 Å². The molecule has 0 spiro atoms. The first-order valence-corrected chi connectivity index (χ1v) is 12.1. The van der Waals surface area contributed by atoms with Gasteiger partial charge in [-0.05, 0) is 69.2 Å². The van der Waals surface area contributed by atoms with Crippen LogP contribution in [0.5, 0.6) is 0 Å². The SMILES string of the molecule is CCCC=C(C)C(=C(C)OC)c1cc(C(O)(CCC)CCC)c2nc(C3CC3)[nH]c2c1. The average Bonchev–Trinajstić information content (AvgIpc) is 3.51. The van der Waals surface area contributed by atoms with Crippen molar-refractivity contribution in [1.29, 1.82) is 0 Å². The van der Waals surface area contributed by atoms with E-state index in [2.05, 4.69) is 50.9 Å². The van der Waals surface area contributed by atoms with Crippen molar-refractivity contribution < 1.29 is 9.84 Å². The number of fused-ring (bicyclic) bond motifs is 1. The second-order valence-corrected chi connectivity index (χ2v) is 9.16. The number of allylic oxidation sites excluding steroid dienone is 4. The van der Waals surface area contributed by atoms with Gasteiger partial charge in [0, 0.05) is 17.1 Å². The number of aliphatic hydroxyl groups is 1. The number of H-pyrrole nitrogens is 1. The largest absolute Gasteiger partial charge is 0.501 e. The number of ether oxygens (including phenoxy) is 1. The third-order valence-electron chi connectivity index (χ3n) is 6.48. The lowest BCUT2D eigenvalue weighted by Gasteiger charge is -2.29. The van der Waals surface area contributed by atoms with E-state index < -0.39 is 5.60 Å². The van der Waals surface area contributed by atoms with Gasteiger partial charge in [0.15, 0.2) is 0 Å². The van der Waals surface area contributed by atoms with Crippen LogP contribution in [0.2, 0.25) is 0 Å². The van der Waals surface area contributed by atoms with E-state index in [9.17, 15) is 5.11 Å². The monoisotopic (exact) mass is 424 g/mol. The van der Waals surface area contributed by atoms with Gasteiger partial charge in [0.25, 0.3) is 0 Å². The van der Waals surface area contributed by atoms with Crippen molar-refractivity contribution in [2.75, 3.05) is 7.11 Å². The van der Waals surface area contributed by atoms with Crippen LogP contribution in [-0.2, 0) is 10.3 Å². The molecule has 1 aromatic heterocycles. The van der Waals surface area contributed by atoms with Crippen LogP contribution in [-0.4, -0.2) is 22.2 Å². The highest BCUT2D eigenvalue weighted by Gasteiger charge is 2.33. The Bertz CT molecular complexity index is 957. The average molecular weight is 425 g/mol. The quantitative estimate of drug-likeness (QED) is 0.293. The minimum absolute atomic E-state index is 0.538. The van der Waals surface area contributed by atoms with Gasteiger partial charge < -0.3 is 14.8 Å². The zero-order valence-electron chi connectivity index (χ0n) is 20.3. The lowest BCUT2D eigenvalue weighted by atomic mass is 9.82. The molecular formula is C27H40N2O2. The van der Waals surface area contributed by atoms with Crippen molar-refractivity contribution in [3.63, 3.8) is 0 Å². The van der Waals surface area contributed by atoms with Crippen LogP contribution in [0.3, 0.4) is 0 Å². The predicted octanol–water partition coefficient (Wildman–Crippen LogP) is 7.35. The molecular weight excluding hydrogens is 384 g/mol. The molecule has 1 fully saturated rings. The van der Waals surface area contributed by atoms with Gasteiger partial charge in [-0.2, -0.15) is 0 Å². The highest BCUT2D eigenvalue weighted by Crippen LogP contribution is 2.43. The fourth-order valence-corrected chi connectivity index (χ4v) is 4.68. The van der Waals surface area contributed by atoms with Crippen LogP contribution in [0, 0.1) is 0 Å². The number of nitrogens with zero attached hydrogens (tertiary/aromatic N) is 1. The summed E-state index contributed by atoms with van der Waals surface area (Å²) in [5, 5.41) is 11.8. The molecule has 3 rings (SSSR count). The Hall–Kier alpha value is -2.07. The van der Waals surface area contributed by atoms with E-state index in [0.717, 1.165) is 77.8 Å². The van der Waals surface area contributed by atoms with Gasteiger partial charge in [-0.1, -0.05) is 46.1 Å². The van der Waals surface area contributed by atoms with Gasteiger partial charge in [-0.25, -0.2) is 4.98 Å². The topological polar surface area (TPSA) is 58.1 Å². The Morgan fingerprint density at radius 2 is 1.84 bits per heavy atom. The minimum Gasteiger partial charge on any atom is -0.501 e. The van der Waals surface area contributed by atoms with Crippen molar-refractivity contribution >= 4 is 16.6 Å². The fraction of sp³-hybridized carbons (Fsp3) is 0.593. The van der Waals surface area contributed by atoms with Gasteiger partial charge in [-0.15, -0.1) is 0 Å². The molecule has 170 valence electrons. The number of nitrogens with one attached hydrogen (secondary N) is 1. The summed E-state index contributed by atoms with van der Waals surface area (Å²) in [5.41, 5.74) is 5.44. The van der Waals surface area contributed by atoms with Gasteiger partial charge >= 0.3 is 0 Å². The summed E-state index contributed by atoms with van der Waals surface area (Å²) in [6.45, 7) is 10.7. The third kappa shape index (κ3) is 5.06. The van der Waals surface area contributed by atoms with E-state index in [1.807, 2.05) is 6.92 Å². The molecule has 2 N–H and O–H groups in total. The molecule has 1 saturated carbocycles. The number of imidazole rings is 1. The maximum Gasteiger partial charge on any atom is 0.110 e. The maximum absolute atomic E-state index is 11.8. The summed E-state index contributed by atoms with van der Waals surface area (Å²) in [6, 6.07) is 4.36. The highest BCUT2D eigenvalue weighted by atomic mass is 16.5. The molecule has 4 heteroatoms. The maximum atomic E-state index is 11.8.